The summed E-state index contributed by atoms with van der Waals surface area (Å²) in [6.07, 6.45) is 2.66. The second-order valence-electron chi connectivity index (χ2n) is 5.79. The Morgan fingerprint density at radius 2 is 2.14 bits per heavy atom. The molecule has 1 aliphatic carbocycles. The molecule has 2 aliphatic rings. The van der Waals surface area contributed by atoms with Gasteiger partial charge in [0.05, 0.1) is 12.7 Å². The van der Waals surface area contributed by atoms with Crippen LogP contribution in [0.5, 0.6) is 0 Å². The molecule has 1 aliphatic heterocycles. The highest BCUT2D eigenvalue weighted by Crippen LogP contribution is 2.38. The zero-order valence-electron chi connectivity index (χ0n) is 12.9. The van der Waals surface area contributed by atoms with Gasteiger partial charge in [0.2, 0.25) is 0 Å². The van der Waals surface area contributed by atoms with E-state index in [1.807, 2.05) is 13.1 Å². The molecule has 3 rings (SSSR count). The maximum absolute atomic E-state index is 5.82. The first-order valence-electron chi connectivity index (χ1n) is 7.93. The van der Waals surface area contributed by atoms with Crippen LogP contribution in [0.25, 0.3) is 0 Å². The minimum absolute atomic E-state index is 0.232. The molecule has 2 N–H and O–H groups in total. The molecule has 1 aromatic heterocycles. The van der Waals surface area contributed by atoms with E-state index in [2.05, 4.69) is 32.4 Å². The molecular weight excluding hydrogens is 266 g/mol. The second kappa shape index (κ2) is 6.58. The van der Waals surface area contributed by atoms with Crippen molar-refractivity contribution in [1.82, 2.24) is 14.9 Å². The molecule has 1 unspecified atom stereocenters. The Kier molecular flexibility index (Phi) is 4.55. The van der Waals surface area contributed by atoms with Gasteiger partial charge < -0.3 is 15.4 Å². The summed E-state index contributed by atoms with van der Waals surface area (Å²) in [7, 11) is 1.90. The molecule has 1 atom stereocenters. The molecule has 6 heteroatoms. The predicted octanol–water partition coefficient (Wildman–Crippen LogP) is 1.53. The Bertz CT molecular complexity index is 477. The molecule has 6 nitrogen and oxygen atoms in total. The molecule has 21 heavy (non-hydrogen) atoms. The van der Waals surface area contributed by atoms with Gasteiger partial charge in [0, 0.05) is 38.7 Å². The largest absolute Gasteiger partial charge is 0.374 e. The Labute approximate surface area is 126 Å². The number of nitrogens with one attached hydrogen (secondary N) is 2. The van der Waals surface area contributed by atoms with Gasteiger partial charge >= 0.3 is 0 Å². The van der Waals surface area contributed by atoms with Crippen molar-refractivity contribution in [3.8, 4) is 0 Å². The second-order valence-corrected chi connectivity index (χ2v) is 5.79. The summed E-state index contributed by atoms with van der Waals surface area (Å²) in [5.41, 5.74) is 0. The van der Waals surface area contributed by atoms with E-state index in [1.54, 1.807) is 0 Å². The molecule has 116 valence electrons. The zero-order chi connectivity index (χ0) is 14.7. The van der Waals surface area contributed by atoms with E-state index in [4.69, 9.17) is 4.74 Å². The standard InChI is InChI=1S/C15H25N5O/c1-3-20-6-7-21-12(10-20)9-17-14-8-13(16-2)18-15(19-14)11-4-5-11/h8,11-12H,3-7,9-10H2,1-2H3,(H2,16,17,18,19). The fourth-order valence-electron chi connectivity index (χ4n) is 2.62. The number of likely N-dealkylation sites (N-methyl/N-ethyl adjacent to an activating group) is 1. The maximum atomic E-state index is 5.82. The monoisotopic (exact) mass is 291 g/mol. The van der Waals surface area contributed by atoms with Gasteiger partial charge in [-0.15, -0.1) is 0 Å². The fraction of sp³-hybridized carbons (Fsp3) is 0.733. The molecule has 0 amide bonds. The first kappa shape index (κ1) is 14.5. The summed E-state index contributed by atoms with van der Waals surface area (Å²) < 4.78 is 5.82. The maximum Gasteiger partial charge on any atom is 0.136 e. The summed E-state index contributed by atoms with van der Waals surface area (Å²) >= 11 is 0. The van der Waals surface area contributed by atoms with E-state index < -0.39 is 0 Å². The van der Waals surface area contributed by atoms with Gasteiger partial charge in [-0.3, -0.25) is 4.90 Å². The van der Waals surface area contributed by atoms with E-state index >= 15 is 0 Å². The third-order valence-electron chi connectivity index (χ3n) is 4.12. The van der Waals surface area contributed by atoms with Crippen LogP contribution in [0.3, 0.4) is 0 Å². The highest BCUT2D eigenvalue weighted by atomic mass is 16.5. The average Bonchev–Trinajstić information content (AvgIpc) is 3.37. The highest BCUT2D eigenvalue weighted by molar-refractivity contribution is 5.47. The SMILES string of the molecule is CCN1CCOC(CNc2cc(NC)nc(C3CC3)n2)C1. The Morgan fingerprint density at radius 3 is 2.86 bits per heavy atom. The van der Waals surface area contributed by atoms with Crippen LogP contribution in [0, 0.1) is 0 Å². The van der Waals surface area contributed by atoms with Gasteiger partial charge in [-0.1, -0.05) is 6.92 Å². The molecule has 1 aromatic rings. The van der Waals surface area contributed by atoms with Crippen LogP contribution in [-0.2, 0) is 4.74 Å². The lowest BCUT2D eigenvalue weighted by Crippen LogP contribution is -2.45. The van der Waals surface area contributed by atoms with Crippen LogP contribution in [0.2, 0.25) is 0 Å². The highest BCUT2D eigenvalue weighted by Gasteiger charge is 2.27. The van der Waals surface area contributed by atoms with Gasteiger partial charge in [-0.25, -0.2) is 9.97 Å². The fourth-order valence-corrected chi connectivity index (χ4v) is 2.62. The Hall–Kier alpha value is -1.40. The van der Waals surface area contributed by atoms with Crippen molar-refractivity contribution >= 4 is 11.6 Å². The van der Waals surface area contributed by atoms with Crippen LogP contribution in [0.1, 0.15) is 31.5 Å². The quantitative estimate of drug-likeness (QED) is 0.829. The first-order chi connectivity index (χ1) is 10.3. The van der Waals surface area contributed by atoms with Gasteiger partial charge in [0.25, 0.3) is 0 Å². The number of ether oxygens (including phenoxy) is 1. The normalized spacial score (nSPS) is 23.0. The van der Waals surface area contributed by atoms with Gasteiger partial charge in [-0.05, 0) is 19.4 Å². The molecule has 2 heterocycles. The van der Waals surface area contributed by atoms with E-state index in [0.717, 1.165) is 50.2 Å². The molecule has 0 spiro atoms. The Balaban J connectivity index is 1.60. The predicted molar refractivity (Wildman–Crippen MR) is 83.9 cm³/mol. The van der Waals surface area contributed by atoms with Crippen molar-refractivity contribution in [2.75, 3.05) is 50.5 Å². The Morgan fingerprint density at radius 1 is 1.33 bits per heavy atom. The van der Waals surface area contributed by atoms with Crippen molar-refractivity contribution in [3.05, 3.63) is 11.9 Å². The third-order valence-corrected chi connectivity index (χ3v) is 4.12. The van der Waals surface area contributed by atoms with Crippen molar-refractivity contribution in [2.45, 2.75) is 31.8 Å². The van der Waals surface area contributed by atoms with Gasteiger partial charge in [0.15, 0.2) is 0 Å². The van der Waals surface area contributed by atoms with Crippen molar-refractivity contribution in [1.29, 1.82) is 0 Å². The summed E-state index contributed by atoms with van der Waals surface area (Å²) in [4.78, 5) is 11.6. The lowest BCUT2D eigenvalue weighted by molar-refractivity contribution is -0.0192. The number of rotatable bonds is 6. The van der Waals surface area contributed by atoms with Crippen LogP contribution in [0.4, 0.5) is 11.6 Å². The van der Waals surface area contributed by atoms with Crippen molar-refractivity contribution in [2.24, 2.45) is 0 Å². The van der Waals surface area contributed by atoms with Crippen LogP contribution in [0.15, 0.2) is 6.07 Å². The van der Waals surface area contributed by atoms with Crippen molar-refractivity contribution < 1.29 is 4.74 Å². The van der Waals surface area contributed by atoms with Gasteiger partial charge in [0.1, 0.15) is 17.5 Å². The number of hydrogen-bond acceptors (Lipinski definition) is 6. The number of hydrogen-bond donors (Lipinski definition) is 2. The lowest BCUT2D eigenvalue weighted by Gasteiger charge is -2.32. The molecule has 1 saturated carbocycles. The van der Waals surface area contributed by atoms with Crippen LogP contribution in [-0.4, -0.2) is 60.8 Å². The minimum atomic E-state index is 0.232. The third kappa shape index (κ3) is 3.83. The summed E-state index contributed by atoms with van der Waals surface area (Å²) in [5, 5.41) is 6.53. The topological polar surface area (TPSA) is 62.3 Å². The zero-order valence-corrected chi connectivity index (χ0v) is 12.9. The van der Waals surface area contributed by atoms with Crippen LogP contribution >= 0.6 is 0 Å². The van der Waals surface area contributed by atoms with E-state index in [9.17, 15) is 0 Å². The number of morpholine rings is 1. The minimum Gasteiger partial charge on any atom is -0.374 e. The number of nitrogens with zero attached hydrogens (tertiary/aromatic N) is 3. The van der Waals surface area contributed by atoms with E-state index in [1.165, 1.54) is 12.8 Å². The summed E-state index contributed by atoms with van der Waals surface area (Å²) in [5.74, 6) is 3.30. The molecule has 0 aromatic carbocycles. The van der Waals surface area contributed by atoms with Crippen molar-refractivity contribution in [3.63, 3.8) is 0 Å². The van der Waals surface area contributed by atoms with E-state index in [-0.39, 0.29) is 6.10 Å². The molecule has 1 saturated heterocycles. The number of anilines is 2. The molecule has 2 fully saturated rings. The smallest absolute Gasteiger partial charge is 0.136 e. The molecule has 0 bridgehead atoms. The number of aromatic nitrogens is 2. The summed E-state index contributed by atoms with van der Waals surface area (Å²) in [6, 6.07) is 1.96. The lowest BCUT2D eigenvalue weighted by atomic mass is 10.2. The van der Waals surface area contributed by atoms with E-state index in [0.29, 0.717) is 5.92 Å². The molecule has 0 radical (unpaired) electrons. The van der Waals surface area contributed by atoms with Crippen LogP contribution < -0.4 is 10.6 Å². The molecular formula is C15H25N5O. The average molecular weight is 291 g/mol. The summed E-state index contributed by atoms with van der Waals surface area (Å²) in [6.45, 7) is 6.92. The van der Waals surface area contributed by atoms with Gasteiger partial charge in [-0.2, -0.15) is 0 Å². The first-order valence-corrected chi connectivity index (χ1v) is 7.93.